The van der Waals surface area contributed by atoms with Crippen molar-refractivity contribution in [3.8, 4) is 11.5 Å². The molecule has 0 aliphatic carbocycles. The largest absolute Gasteiger partial charge is 0.490 e. The van der Waals surface area contributed by atoms with Gasteiger partial charge in [-0.1, -0.05) is 52.4 Å². The summed E-state index contributed by atoms with van der Waals surface area (Å²) < 4.78 is 11.7. The fourth-order valence-corrected chi connectivity index (χ4v) is 3.73. The van der Waals surface area contributed by atoms with Gasteiger partial charge < -0.3 is 20.1 Å². The maximum absolute atomic E-state index is 5.83. The van der Waals surface area contributed by atoms with Crippen LogP contribution in [-0.4, -0.2) is 25.3 Å². The molecule has 0 spiro atoms. The van der Waals surface area contributed by atoms with Crippen LogP contribution in [-0.2, 0) is 0 Å². The summed E-state index contributed by atoms with van der Waals surface area (Å²) >= 11 is 0. The zero-order chi connectivity index (χ0) is 23.0. The Morgan fingerprint density at radius 1 is 0.594 bits per heavy atom. The van der Waals surface area contributed by atoms with Crippen LogP contribution >= 0.6 is 0 Å². The molecule has 0 radical (unpaired) electrons. The van der Waals surface area contributed by atoms with Gasteiger partial charge in [0.1, 0.15) is 24.7 Å². The normalized spacial score (nSPS) is 12.8. The van der Waals surface area contributed by atoms with Crippen molar-refractivity contribution in [2.24, 2.45) is 0 Å². The van der Waals surface area contributed by atoms with Crippen molar-refractivity contribution in [2.45, 2.75) is 91.1 Å². The van der Waals surface area contributed by atoms with Crippen molar-refractivity contribution in [2.75, 3.05) is 23.8 Å². The molecule has 2 unspecified atom stereocenters. The third-order valence-electron chi connectivity index (χ3n) is 5.64. The van der Waals surface area contributed by atoms with E-state index in [4.69, 9.17) is 9.47 Å². The zero-order valence-electron chi connectivity index (χ0n) is 20.7. The van der Waals surface area contributed by atoms with Crippen LogP contribution in [0.3, 0.4) is 0 Å². The number of anilines is 2. The summed E-state index contributed by atoms with van der Waals surface area (Å²) in [6.45, 7) is 10.0. The summed E-state index contributed by atoms with van der Waals surface area (Å²) in [4.78, 5) is 0. The van der Waals surface area contributed by atoms with E-state index in [0.29, 0.717) is 25.3 Å². The van der Waals surface area contributed by atoms with Gasteiger partial charge in [-0.2, -0.15) is 0 Å². The number of nitrogens with one attached hydrogen (secondary N) is 2. The zero-order valence-corrected chi connectivity index (χ0v) is 20.7. The van der Waals surface area contributed by atoms with Crippen LogP contribution in [0.25, 0.3) is 0 Å². The summed E-state index contributed by atoms with van der Waals surface area (Å²) in [7, 11) is 0. The van der Waals surface area contributed by atoms with Gasteiger partial charge in [-0.3, -0.25) is 0 Å². The quantitative estimate of drug-likeness (QED) is 0.245. The number of benzene rings is 2. The second kappa shape index (κ2) is 15.4. The van der Waals surface area contributed by atoms with Crippen molar-refractivity contribution in [1.29, 1.82) is 0 Å². The molecule has 4 nitrogen and oxygen atoms in total. The molecule has 0 amide bonds. The van der Waals surface area contributed by atoms with E-state index in [2.05, 4.69) is 62.6 Å². The molecular weight excluding hydrogens is 396 g/mol. The minimum atomic E-state index is 0.493. The highest BCUT2D eigenvalue weighted by Crippen LogP contribution is 2.19. The highest BCUT2D eigenvalue weighted by Gasteiger charge is 2.04. The van der Waals surface area contributed by atoms with Gasteiger partial charge in [0.2, 0.25) is 0 Å². The van der Waals surface area contributed by atoms with Crippen LogP contribution < -0.4 is 20.1 Å². The van der Waals surface area contributed by atoms with E-state index in [-0.39, 0.29) is 0 Å². The molecule has 0 bridgehead atoms. The lowest BCUT2D eigenvalue weighted by Gasteiger charge is -2.16. The van der Waals surface area contributed by atoms with Gasteiger partial charge in [0.25, 0.3) is 0 Å². The monoisotopic (exact) mass is 440 g/mol. The molecule has 2 N–H and O–H groups in total. The summed E-state index contributed by atoms with van der Waals surface area (Å²) in [6, 6.07) is 17.4. The predicted octanol–water partition coefficient (Wildman–Crippen LogP) is 7.91. The van der Waals surface area contributed by atoms with E-state index in [1.807, 2.05) is 24.3 Å². The van der Waals surface area contributed by atoms with Crippen molar-refractivity contribution < 1.29 is 9.47 Å². The first-order valence-corrected chi connectivity index (χ1v) is 12.6. The fraction of sp³-hybridized carbons (Fsp3) is 0.571. The standard InChI is InChI=1S/C28H44N2O2/c1-5-7-9-11-23(3)29-25-13-17-27(18-14-25)31-21-22-32-28-19-15-26(16-20-28)30-24(4)12-10-8-6-2/h13-20,23-24,29-30H,5-12,21-22H2,1-4H3. The third kappa shape index (κ3) is 10.8. The fourth-order valence-electron chi connectivity index (χ4n) is 3.73. The Hall–Kier alpha value is -2.36. The van der Waals surface area contributed by atoms with Crippen molar-refractivity contribution >= 4 is 11.4 Å². The molecule has 0 saturated heterocycles. The van der Waals surface area contributed by atoms with Gasteiger partial charge in [-0.25, -0.2) is 0 Å². The molecule has 2 atom stereocenters. The Kier molecular flexibility index (Phi) is 12.5. The molecule has 178 valence electrons. The Bertz CT molecular complexity index is 652. The van der Waals surface area contributed by atoms with E-state index in [0.717, 1.165) is 22.9 Å². The van der Waals surface area contributed by atoms with Gasteiger partial charge >= 0.3 is 0 Å². The first-order valence-electron chi connectivity index (χ1n) is 12.6. The van der Waals surface area contributed by atoms with E-state index in [9.17, 15) is 0 Å². The van der Waals surface area contributed by atoms with Crippen molar-refractivity contribution in [1.82, 2.24) is 0 Å². The van der Waals surface area contributed by atoms with Gasteiger partial charge in [0.05, 0.1) is 0 Å². The Balaban J connectivity index is 1.63. The first kappa shape index (κ1) is 25.9. The Morgan fingerprint density at radius 3 is 1.31 bits per heavy atom. The lowest BCUT2D eigenvalue weighted by atomic mass is 10.1. The van der Waals surface area contributed by atoms with E-state index >= 15 is 0 Å². The Morgan fingerprint density at radius 2 is 0.969 bits per heavy atom. The summed E-state index contributed by atoms with van der Waals surface area (Å²) in [5, 5.41) is 7.12. The maximum atomic E-state index is 5.83. The molecular formula is C28H44N2O2. The van der Waals surface area contributed by atoms with Crippen molar-refractivity contribution in [3.05, 3.63) is 48.5 Å². The predicted molar refractivity (Wildman–Crippen MR) is 138 cm³/mol. The second-order valence-electron chi connectivity index (χ2n) is 8.83. The molecule has 0 fully saturated rings. The number of rotatable bonds is 17. The third-order valence-corrected chi connectivity index (χ3v) is 5.64. The number of hydrogen-bond donors (Lipinski definition) is 2. The SMILES string of the molecule is CCCCCC(C)Nc1ccc(OCCOc2ccc(NC(C)CCCCC)cc2)cc1. The molecule has 4 heteroatoms. The number of ether oxygens (including phenoxy) is 2. The summed E-state index contributed by atoms with van der Waals surface area (Å²) in [6.07, 6.45) is 10.1. The van der Waals surface area contributed by atoms with Crippen LogP contribution in [0.4, 0.5) is 11.4 Å². The second-order valence-corrected chi connectivity index (χ2v) is 8.83. The van der Waals surface area contributed by atoms with Crippen LogP contribution in [0.2, 0.25) is 0 Å². The van der Waals surface area contributed by atoms with E-state index < -0.39 is 0 Å². The molecule has 32 heavy (non-hydrogen) atoms. The number of unbranched alkanes of at least 4 members (excludes halogenated alkanes) is 4. The maximum Gasteiger partial charge on any atom is 0.122 e. The average Bonchev–Trinajstić information content (AvgIpc) is 2.79. The highest BCUT2D eigenvalue weighted by atomic mass is 16.5. The van der Waals surface area contributed by atoms with E-state index in [1.165, 1.54) is 51.4 Å². The van der Waals surface area contributed by atoms with Gasteiger partial charge in [0.15, 0.2) is 0 Å². The highest BCUT2D eigenvalue weighted by molar-refractivity contribution is 5.47. The summed E-state index contributed by atoms with van der Waals surface area (Å²) in [5.41, 5.74) is 2.29. The van der Waals surface area contributed by atoms with Crippen LogP contribution in [0, 0.1) is 0 Å². The molecule has 0 saturated carbocycles. The van der Waals surface area contributed by atoms with Crippen LogP contribution in [0.5, 0.6) is 11.5 Å². The van der Waals surface area contributed by atoms with Crippen molar-refractivity contribution in [3.63, 3.8) is 0 Å². The lowest BCUT2D eigenvalue weighted by Crippen LogP contribution is -2.15. The molecule has 0 aliphatic heterocycles. The molecule has 0 heterocycles. The molecule has 0 aromatic heterocycles. The Labute approximate surface area is 196 Å². The van der Waals surface area contributed by atoms with Gasteiger partial charge in [-0.05, 0) is 75.2 Å². The first-order chi connectivity index (χ1) is 15.6. The average molecular weight is 441 g/mol. The topological polar surface area (TPSA) is 42.5 Å². The minimum Gasteiger partial charge on any atom is -0.490 e. The van der Waals surface area contributed by atoms with Crippen LogP contribution in [0.1, 0.15) is 79.1 Å². The van der Waals surface area contributed by atoms with Gasteiger partial charge in [-0.15, -0.1) is 0 Å². The van der Waals surface area contributed by atoms with Crippen LogP contribution in [0.15, 0.2) is 48.5 Å². The molecule has 0 aliphatic rings. The molecule has 2 aromatic carbocycles. The van der Waals surface area contributed by atoms with E-state index in [1.54, 1.807) is 0 Å². The number of hydrogen-bond acceptors (Lipinski definition) is 4. The molecule has 2 aromatic rings. The minimum absolute atomic E-state index is 0.493. The smallest absolute Gasteiger partial charge is 0.122 e. The lowest BCUT2D eigenvalue weighted by molar-refractivity contribution is 0.217. The molecule has 2 rings (SSSR count). The van der Waals surface area contributed by atoms with Gasteiger partial charge in [0, 0.05) is 23.5 Å². The summed E-state index contributed by atoms with van der Waals surface area (Å²) in [5.74, 6) is 1.74.